The first kappa shape index (κ1) is 11.3. The van der Waals surface area contributed by atoms with E-state index < -0.39 is 0 Å². The van der Waals surface area contributed by atoms with Gasteiger partial charge < -0.3 is 5.32 Å². The van der Waals surface area contributed by atoms with Gasteiger partial charge in [-0.1, -0.05) is 42.5 Å². The number of nitrogens with one attached hydrogen (secondary N) is 2. The molecule has 94 valence electrons. The third-order valence-electron chi connectivity index (χ3n) is 2.87. The number of amides is 1. The van der Waals surface area contributed by atoms with E-state index >= 15 is 0 Å². The standard InChI is InChI=1S/C13H11N5O/c19-13(12-15-17-18-16-12)14-8-10-6-3-5-9-4-1-2-7-11(9)10/h1-7H,8H2,(H,14,19)(H,15,16,17,18). The minimum Gasteiger partial charge on any atom is -0.345 e. The van der Waals surface area contributed by atoms with Gasteiger partial charge in [-0.3, -0.25) is 4.79 Å². The van der Waals surface area contributed by atoms with Crippen molar-refractivity contribution in [2.75, 3.05) is 0 Å². The molecule has 0 fully saturated rings. The highest BCUT2D eigenvalue weighted by atomic mass is 16.2. The van der Waals surface area contributed by atoms with Crippen LogP contribution in [0.2, 0.25) is 0 Å². The Bertz CT molecular complexity index is 703. The van der Waals surface area contributed by atoms with Gasteiger partial charge in [0.2, 0.25) is 0 Å². The number of H-pyrrole nitrogens is 1. The molecule has 0 atom stereocenters. The molecule has 0 aliphatic rings. The van der Waals surface area contributed by atoms with E-state index in [0.29, 0.717) is 6.54 Å². The maximum atomic E-state index is 11.7. The lowest BCUT2D eigenvalue weighted by Gasteiger charge is -2.06. The van der Waals surface area contributed by atoms with E-state index in [2.05, 4.69) is 25.9 Å². The molecule has 1 amide bonds. The molecule has 0 saturated carbocycles. The Morgan fingerprint density at radius 1 is 1.16 bits per heavy atom. The third-order valence-corrected chi connectivity index (χ3v) is 2.87. The largest absolute Gasteiger partial charge is 0.345 e. The van der Waals surface area contributed by atoms with Crippen LogP contribution in [0, 0.1) is 0 Å². The number of carbonyl (C=O) groups is 1. The Hall–Kier alpha value is -2.76. The first-order chi connectivity index (χ1) is 9.34. The minimum absolute atomic E-state index is 0.0419. The average Bonchev–Trinajstić information content (AvgIpc) is 2.99. The van der Waals surface area contributed by atoms with Crippen LogP contribution < -0.4 is 5.32 Å². The monoisotopic (exact) mass is 253 g/mol. The maximum Gasteiger partial charge on any atom is 0.293 e. The predicted octanol–water partition coefficient (Wildman–Crippen LogP) is 1.28. The second-order valence-corrected chi connectivity index (χ2v) is 4.06. The molecule has 0 aliphatic heterocycles. The van der Waals surface area contributed by atoms with Gasteiger partial charge in [0.1, 0.15) is 0 Å². The molecular formula is C13H11N5O. The van der Waals surface area contributed by atoms with Crippen molar-refractivity contribution in [3.8, 4) is 0 Å². The number of rotatable bonds is 3. The smallest absolute Gasteiger partial charge is 0.293 e. The lowest BCUT2D eigenvalue weighted by atomic mass is 10.0. The molecule has 2 N–H and O–H groups in total. The second kappa shape index (κ2) is 4.85. The first-order valence-corrected chi connectivity index (χ1v) is 5.83. The minimum atomic E-state index is -0.346. The topological polar surface area (TPSA) is 83.6 Å². The zero-order valence-corrected chi connectivity index (χ0v) is 10.00. The summed E-state index contributed by atoms with van der Waals surface area (Å²) in [6.07, 6.45) is 0. The van der Waals surface area contributed by atoms with Crippen LogP contribution >= 0.6 is 0 Å². The Morgan fingerprint density at radius 2 is 2.00 bits per heavy atom. The summed E-state index contributed by atoms with van der Waals surface area (Å²) in [4.78, 5) is 11.7. The summed E-state index contributed by atoms with van der Waals surface area (Å²) in [5, 5.41) is 17.9. The number of carbonyl (C=O) groups excluding carboxylic acids is 1. The van der Waals surface area contributed by atoms with Crippen molar-refractivity contribution in [1.29, 1.82) is 0 Å². The highest BCUT2D eigenvalue weighted by Crippen LogP contribution is 2.18. The quantitative estimate of drug-likeness (QED) is 0.736. The van der Waals surface area contributed by atoms with Crippen LogP contribution in [0.5, 0.6) is 0 Å². The number of benzene rings is 2. The lowest BCUT2D eigenvalue weighted by Crippen LogP contribution is -2.24. The van der Waals surface area contributed by atoms with Crippen molar-refractivity contribution >= 4 is 16.7 Å². The molecule has 3 rings (SSSR count). The second-order valence-electron chi connectivity index (χ2n) is 4.06. The van der Waals surface area contributed by atoms with Gasteiger partial charge in [-0.15, -0.1) is 10.2 Å². The average molecular weight is 253 g/mol. The Morgan fingerprint density at radius 3 is 2.84 bits per heavy atom. The van der Waals surface area contributed by atoms with E-state index in [9.17, 15) is 4.79 Å². The summed E-state index contributed by atoms with van der Waals surface area (Å²) >= 11 is 0. The number of tetrazole rings is 1. The Balaban J connectivity index is 1.81. The summed E-state index contributed by atoms with van der Waals surface area (Å²) in [6, 6.07) is 14.0. The fraction of sp³-hybridized carbons (Fsp3) is 0.0769. The van der Waals surface area contributed by atoms with E-state index in [4.69, 9.17) is 0 Å². The van der Waals surface area contributed by atoms with Crippen molar-refractivity contribution in [2.45, 2.75) is 6.54 Å². The molecule has 3 aromatic rings. The highest BCUT2D eigenvalue weighted by molar-refractivity contribution is 5.91. The zero-order valence-electron chi connectivity index (χ0n) is 10.00. The van der Waals surface area contributed by atoms with Crippen LogP contribution in [0.1, 0.15) is 16.2 Å². The van der Waals surface area contributed by atoms with Crippen LogP contribution in [-0.4, -0.2) is 26.5 Å². The van der Waals surface area contributed by atoms with Gasteiger partial charge in [0.25, 0.3) is 11.7 Å². The molecule has 0 spiro atoms. The molecule has 6 nitrogen and oxygen atoms in total. The fourth-order valence-electron chi connectivity index (χ4n) is 1.96. The van der Waals surface area contributed by atoms with Gasteiger partial charge in [0.05, 0.1) is 0 Å². The van der Waals surface area contributed by atoms with E-state index in [1.54, 1.807) is 0 Å². The highest BCUT2D eigenvalue weighted by Gasteiger charge is 2.10. The summed E-state index contributed by atoms with van der Waals surface area (Å²) in [7, 11) is 0. The lowest BCUT2D eigenvalue weighted by molar-refractivity contribution is 0.0940. The van der Waals surface area contributed by atoms with Crippen LogP contribution in [0.25, 0.3) is 10.8 Å². The molecule has 1 aromatic heterocycles. The van der Waals surface area contributed by atoms with Gasteiger partial charge in [-0.05, 0) is 21.5 Å². The van der Waals surface area contributed by atoms with E-state index in [-0.39, 0.29) is 11.7 Å². The number of hydrogen-bond acceptors (Lipinski definition) is 4. The zero-order chi connectivity index (χ0) is 13.1. The molecule has 0 saturated heterocycles. The molecule has 0 aliphatic carbocycles. The van der Waals surface area contributed by atoms with Crippen LogP contribution in [-0.2, 0) is 6.54 Å². The van der Waals surface area contributed by atoms with Crippen molar-refractivity contribution in [1.82, 2.24) is 25.9 Å². The number of aromatic nitrogens is 4. The van der Waals surface area contributed by atoms with Gasteiger partial charge in [-0.25, -0.2) is 0 Å². The predicted molar refractivity (Wildman–Crippen MR) is 69.3 cm³/mol. The molecule has 19 heavy (non-hydrogen) atoms. The number of fused-ring (bicyclic) bond motifs is 1. The van der Waals surface area contributed by atoms with Crippen LogP contribution in [0.4, 0.5) is 0 Å². The summed E-state index contributed by atoms with van der Waals surface area (Å²) in [5.41, 5.74) is 1.05. The SMILES string of the molecule is O=C(NCc1cccc2ccccc12)c1nn[nH]n1. The molecule has 0 radical (unpaired) electrons. The molecule has 1 heterocycles. The van der Waals surface area contributed by atoms with Gasteiger partial charge >= 0.3 is 0 Å². The number of hydrogen-bond donors (Lipinski definition) is 2. The molecule has 2 aromatic carbocycles. The summed E-state index contributed by atoms with van der Waals surface area (Å²) in [6.45, 7) is 0.425. The van der Waals surface area contributed by atoms with Crippen LogP contribution in [0.3, 0.4) is 0 Å². The van der Waals surface area contributed by atoms with E-state index in [1.165, 1.54) is 0 Å². The third kappa shape index (κ3) is 2.28. The Labute approximate surface area is 108 Å². The molecule has 0 bridgehead atoms. The normalized spacial score (nSPS) is 10.5. The first-order valence-electron chi connectivity index (χ1n) is 5.83. The molecular weight excluding hydrogens is 242 g/mol. The molecule has 6 heteroatoms. The number of aromatic amines is 1. The Kier molecular flexibility index (Phi) is 2.89. The van der Waals surface area contributed by atoms with Gasteiger partial charge in [-0.2, -0.15) is 5.21 Å². The maximum absolute atomic E-state index is 11.7. The van der Waals surface area contributed by atoms with Crippen LogP contribution in [0.15, 0.2) is 42.5 Å². The van der Waals surface area contributed by atoms with E-state index in [1.807, 2.05) is 42.5 Å². The molecule has 0 unspecified atom stereocenters. The summed E-state index contributed by atoms with van der Waals surface area (Å²) in [5.74, 6) is -0.304. The van der Waals surface area contributed by atoms with Crippen molar-refractivity contribution < 1.29 is 4.79 Å². The van der Waals surface area contributed by atoms with Gasteiger partial charge in [0, 0.05) is 6.54 Å². The number of nitrogens with zero attached hydrogens (tertiary/aromatic N) is 3. The summed E-state index contributed by atoms with van der Waals surface area (Å²) < 4.78 is 0. The fourth-order valence-corrected chi connectivity index (χ4v) is 1.96. The van der Waals surface area contributed by atoms with Crippen molar-refractivity contribution in [2.24, 2.45) is 0 Å². The van der Waals surface area contributed by atoms with E-state index in [0.717, 1.165) is 16.3 Å². The van der Waals surface area contributed by atoms with Crippen molar-refractivity contribution in [3.63, 3.8) is 0 Å². The van der Waals surface area contributed by atoms with Gasteiger partial charge in [0.15, 0.2) is 0 Å². The van der Waals surface area contributed by atoms with Crippen molar-refractivity contribution in [3.05, 3.63) is 53.9 Å².